The maximum atomic E-state index is 13.9. The van der Waals surface area contributed by atoms with E-state index in [0.717, 1.165) is 21.6 Å². The number of halogens is 1. The molecule has 2 amide bonds. The van der Waals surface area contributed by atoms with E-state index in [1.165, 1.54) is 6.07 Å². The minimum Gasteiger partial charge on any atom is -0.481 e. The molecule has 3 aromatic rings. The number of amides is 2. The Balaban J connectivity index is 1.41. The second-order valence-corrected chi connectivity index (χ2v) is 9.01. The lowest BCUT2D eigenvalue weighted by molar-refractivity contribution is -0.151. The highest BCUT2D eigenvalue weighted by molar-refractivity contribution is 6.21. The number of ether oxygens (including phenoxy) is 1. The number of hydrogen-bond acceptors (Lipinski definition) is 5. The molecule has 1 aliphatic heterocycles. The molecule has 2 atom stereocenters. The second kappa shape index (κ2) is 11.2. The van der Waals surface area contributed by atoms with Gasteiger partial charge >= 0.3 is 5.97 Å². The zero-order valence-electron chi connectivity index (χ0n) is 20.2. The molecule has 1 aliphatic rings. The van der Waals surface area contributed by atoms with Gasteiger partial charge in [0.05, 0.1) is 17.0 Å². The van der Waals surface area contributed by atoms with Crippen LogP contribution in [0, 0.1) is 18.7 Å². The predicted molar refractivity (Wildman–Crippen MR) is 133 cm³/mol. The SMILES string of the molecule is Cc1ccc(-c2ccc(CC[C@H](OC=O)[C@@H](CCN3C(=O)c4ccccc4C3=O)C(=O)O)cc2)cc1F. The summed E-state index contributed by atoms with van der Waals surface area (Å²) in [5.74, 6) is -3.50. The highest BCUT2D eigenvalue weighted by Gasteiger charge is 2.37. The van der Waals surface area contributed by atoms with Crippen molar-refractivity contribution in [2.75, 3.05) is 6.54 Å². The highest BCUT2D eigenvalue weighted by Crippen LogP contribution is 2.26. The number of carboxylic acids is 1. The molecule has 0 aromatic heterocycles. The Hall–Kier alpha value is -4.33. The number of aryl methyl sites for hydroxylation is 2. The first kappa shape index (κ1) is 25.8. The molecule has 0 saturated carbocycles. The van der Waals surface area contributed by atoms with Gasteiger partial charge in [-0.3, -0.25) is 24.1 Å². The van der Waals surface area contributed by atoms with Gasteiger partial charge in [-0.05, 0) is 66.6 Å². The average Bonchev–Trinajstić information content (AvgIpc) is 3.14. The van der Waals surface area contributed by atoms with Gasteiger partial charge in [0.2, 0.25) is 0 Å². The first-order valence-electron chi connectivity index (χ1n) is 11.9. The third-order valence-corrected chi connectivity index (χ3v) is 6.71. The molecule has 7 nitrogen and oxygen atoms in total. The van der Waals surface area contributed by atoms with Gasteiger partial charge in [0.1, 0.15) is 11.9 Å². The van der Waals surface area contributed by atoms with Gasteiger partial charge in [-0.25, -0.2) is 4.39 Å². The van der Waals surface area contributed by atoms with Crippen molar-refractivity contribution in [1.29, 1.82) is 0 Å². The van der Waals surface area contributed by atoms with Crippen molar-refractivity contribution in [2.24, 2.45) is 5.92 Å². The minimum absolute atomic E-state index is 0.0583. The van der Waals surface area contributed by atoms with Crippen molar-refractivity contribution in [3.05, 3.63) is 94.8 Å². The largest absolute Gasteiger partial charge is 0.481 e. The molecule has 0 bridgehead atoms. The Morgan fingerprint density at radius 1 is 0.973 bits per heavy atom. The van der Waals surface area contributed by atoms with Crippen molar-refractivity contribution in [2.45, 2.75) is 32.3 Å². The molecule has 0 radical (unpaired) electrons. The summed E-state index contributed by atoms with van der Waals surface area (Å²) in [6.07, 6.45) is -0.346. The van der Waals surface area contributed by atoms with Gasteiger partial charge in [-0.2, -0.15) is 0 Å². The number of carbonyl (C=O) groups is 4. The lowest BCUT2D eigenvalue weighted by atomic mass is 9.92. The molecular formula is C29H26FNO6. The molecular weight excluding hydrogens is 477 g/mol. The van der Waals surface area contributed by atoms with Crippen LogP contribution >= 0.6 is 0 Å². The summed E-state index contributed by atoms with van der Waals surface area (Å²) in [5.41, 5.74) is 3.62. The molecule has 190 valence electrons. The smallest absolute Gasteiger partial charge is 0.310 e. The van der Waals surface area contributed by atoms with Crippen LogP contribution in [0.25, 0.3) is 11.1 Å². The van der Waals surface area contributed by atoms with E-state index in [1.807, 2.05) is 30.3 Å². The number of hydrogen-bond donors (Lipinski definition) is 1. The number of fused-ring (bicyclic) bond motifs is 1. The molecule has 4 rings (SSSR count). The summed E-state index contributed by atoms with van der Waals surface area (Å²) in [6, 6.07) is 18.9. The molecule has 8 heteroatoms. The van der Waals surface area contributed by atoms with E-state index < -0.39 is 29.8 Å². The van der Waals surface area contributed by atoms with Gasteiger partial charge in [0.15, 0.2) is 0 Å². The van der Waals surface area contributed by atoms with Crippen LogP contribution in [0.4, 0.5) is 4.39 Å². The van der Waals surface area contributed by atoms with Crippen LogP contribution in [-0.2, 0) is 20.7 Å². The first-order chi connectivity index (χ1) is 17.8. The van der Waals surface area contributed by atoms with Crippen LogP contribution in [-0.4, -0.2) is 46.9 Å². The third-order valence-electron chi connectivity index (χ3n) is 6.71. The zero-order valence-corrected chi connectivity index (χ0v) is 20.2. The van der Waals surface area contributed by atoms with Gasteiger partial charge < -0.3 is 9.84 Å². The summed E-state index contributed by atoms with van der Waals surface area (Å²) < 4.78 is 19.1. The normalized spacial score (nSPS) is 14.3. The molecule has 1 heterocycles. The predicted octanol–water partition coefficient (Wildman–Crippen LogP) is 4.66. The average molecular weight is 504 g/mol. The van der Waals surface area contributed by atoms with Crippen molar-refractivity contribution < 1.29 is 33.4 Å². The fourth-order valence-corrected chi connectivity index (χ4v) is 4.56. The van der Waals surface area contributed by atoms with Crippen LogP contribution in [0.1, 0.15) is 44.7 Å². The van der Waals surface area contributed by atoms with Gasteiger partial charge in [0, 0.05) is 6.54 Å². The standard InChI is InChI=1S/C29H26FNO6/c1-18-6-10-21(16-25(18)30)20-11-7-19(8-12-20)9-13-26(37-17-32)24(29(35)36)14-15-31-27(33)22-4-2-3-5-23(22)28(31)34/h2-8,10-12,16-17,24,26H,9,13-15H2,1H3,(H,35,36)/t24-,26+/m1/s1. The Kier molecular flexibility index (Phi) is 7.77. The Morgan fingerprint density at radius 2 is 1.59 bits per heavy atom. The monoisotopic (exact) mass is 503 g/mol. The number of carbonyl (C=O) groups excluding carboxylic acids is 3. The molecule has 0 unspecified atom stereocenters. The Labute approximate surface area is 213 Å². The highest BCUT2D eigenvalue weighted by atomic mass is 19.1. The van der Waals surface area contributed by atoms with E-state index in [2.05, 4.69) is 0 Å². The van der Waals surface area contributed by atoms with Crippen molar-refractivity contribution in [3.8, 4) is 11.1 Å². The Bertz CT molecular complexity index is 1300. The number of nitrogens with zero attached hydrogens (tertiary/aromatic N) is 1. The lowest BCUT2D eigenvalue weighted by Gasteiger charge is -2.24. The van der Waals surface area contributed by atoms with E-state index in [4.69, 9.17) is 4.74 Å². The van der Waals surface area contributed by atoms with Crippen molar-refractivity contribution >= 4 is 24.3 Å². The number of imide groups is 1. The summed E-state index contributed by atoms with van der Waals surface area (Å²) in [6.45, 7) is 1.81. The number of rotatable bonds is 11. The van der Waals surface area contributed by atoms with E-state index in [1.54, 1.807) is 37.3 Å². The fraction of sp³-hybridized carbons (Fsp3) is 0.241. The lowest BCUT2D eigenvalue weighted by Crippen LogP contribution is -2.37. The molecule has 0 fully saturated rings. The van der Waals surface area contributed by atoms with E-state index in [-0.39, 0.29) is 42.8 Å². The third kappa shape index (κ3) is 5.58. The number of aliphatic carboxylic acids is 1. The molecule has 3 aromatic carbocycles. The molecule has 37 heavy (non-hydrogen) atoms. The van der Waals surface area contributed by atoms with Crippen molar-refractivity contribution in [3.63, 3.8) is 0 Å². The van der Waals surface area contributed by atoms with Crippen LogP contribution in [0.3, 0.4) is 0 Å². The first-order valence-corrected chi connectivity index (χ1v) is 11.9. The maximum Gasteiger partial charge on any atom is 0.310 e. The molecule has 0 aliphatic carbocycles. The quantitative estimate of drug-likeness (QED) is 0.302. The fourth-order valence-electron chi connectivity index (χ4n) is 4.56. The maximum absolute atomic E-state index is 13.9. The summed E-state index contributed by atoms with van der Waals surface area (Å²) in [7, 11) is 0. The van der Waals surface area contributed by atoms with Crippen molar-refractivity contribution in [1.82, 2.24) is 4.90 Å². The van der Waals surface area contributed by atoms with Gasteiger partial charge in [-0.1, -0.05) is 48.5 Å². The summed E-state index contributed by atoms with van der Waals surface area (Å²) in [5, 5.41) is 9.84. The van der Waals surface area contributed by atoms with E-state index >= 15 is 0 Å². The van der Waals surface area contributed by atoms with Gasteiger partial charge in [0.25, 0.3) is 18.3 Å². The number of benzene rings is 3. The molecule has 0 saturated heterocycles. The zero-order chi connectivity index (χ0) is 26.5. The minimum atomic E-state index is -1.18. The summed E-state index contributed by atoms with van der Waals surface area (Å²) in [4.78, 5) is 49.5. The Morgan fingerprint density at radius 3 is 2.16 bits per heavy atom. The second-order valence-electron chi connectivity index (χ2n) is 9.01. The van der Waals surface area contributed by atoms with Crippen LogP contribution < -0.4 is 0 Å². The number of carboxylic acid groups (broad SMARTS) is 1. The van der Waals surface area contributed by atoms with E-state index in [9.17, 15) is 28.7 Å². The van der Waals surface area contributed by atoms with Crippen LogP contribution in [0.2, 0.25) is 0 Å². The molecule has 1 N–H and O–H groups in total. The molecule has 0 spiro atoms. The van der Waals surface area contributed by atoms with Gasteiger partial charge in [-0.15, -0.1) is 0 Å². The van der Waals surface area contributed by atoms with Crippen LogP contribution in [0.15, 0.2) is 66.7 Å². The van der Waals surface area contributed by atoms with E-state index in [0.29, 0.717) is 12.0 Å². The van der Waals surface area contributed by atoms with Crippen LogP contribution in [0.5, 0.6) is 0 Å². The topological polar surface area (TPSA) is 101 Å². The summed E-state index contributed by atoms with van der Waals surface area (Å²) >= 11 is 0.